The summed E-state index contributed by atoms with van der Waals surface area (Å²) in [5.41, 5.74) is 8.06. The Bertz CT molecular complexity index is 740. The number of anilines is 1. The molecule has 0 aliphatic rings. The lowest BCUT2D eigenvalue weighted by atomic mass is 10.1. The number of nitrogens with two attached hydrogens (primary N) is 1. The van der Waals surface area contributed by atoms with Crippen LogP contribution in [0.5, 0.6) is 0 Å². The molecule has 0 atom stereocenters. The second-order valence-corrected chi connectivity index (χ2v) is 4.87. The van der Waals surface area contributed by atoms with Crippen molar-refractivity contribution in [3.05, 3.63) is 48.2 Å². The molecule has 0 saturated heterocycles. The molecule has 21 heavy (non-hydrogen) atoms. The van der Waals surface area contributed by atoms with Crippen LogP contribution in [0.3, 0.4) is 0 Å². The van der Waals surface area contributed by atoms with Crippen LogP contribution in [0.4, 0.5) is 10.3 Å². The summed E-state index contributed by atoms with van der Waals surface area (Å²) in [4.78, 5) is 8.66. The van der Waals surface area contributed by atoms with Crippen molar-refractivity contribution >= 4 is 17.2 Å². The molecule has 6 heteroatoms. The van der Waals surface area contributed by atoms with Gasteiger partial charge < -0.3 is 5.73 Å². The zero-order valence-corrected chi connectivity index (χ0v) is 12.3. The number of aromatic nitrogens is 4. The molecular weight excluding hydrogens is 269 g/mol. The van der Waals surface area contributed by atoms with Gasteiger partial charge in [0.2, 0.25) is 5.95 Å². The Morgan fingerprint density at radius 2 is 2.14 bits per heavy atom. The predicted molar refractivity (Wildman–Crippen MR) is 82.3 cm³/mol. The molecule has 2 rings (SSSR count). The normalized spacial score (nSPS) is 13.2. The van der Waals surface area contributed by atoms with Gasteiger partial charge in [-0.2, -0.15) is 14.6 Å². The highest BCUT2D eigenvalue weighted by Gasteiger charge is 2.14. The highest BCUT2D eigenvalue weighted by molar-refractivity contribution is 5.72. The molecule has 0 fully saturated rings. The lowest BCUT2D eigenvalue weighted by Gasteiger charge is -2.06. The van der Waals surface area contributed by atoms with Gasteiger partial charge >= 0.3 is 0 Å². The molecule has 2 aromatic heterocycles. The van der Waals surface area contributed by atoms with E-state index in [0.29, 0.717) is 17.0 Å². The number of fused-ring (bicyclic) bond motifs is 1. The first-order valence-corrected chi connectivity index (χ1v) is 6.65. The van der Waals surface area contributed by atoms with Crippen LogP contribution < -0.4 is 5.73 Å². The molecule has 2 N–H and O–H groups in total. The number of nitrogens with zero attached hydrogens (tertiary/aromatic N) is 4. The topological polar surface area (TPSA) is 69.1 Å². The van der Waals surface area contributed by atoms with Crippen molar-refractivity contribution in [2.45, 2.75) is 26.7 Å². The van der Waals surface area contributed by atoms with Crippen LogP contribution in [0.15, 0.2) is 36.8 Å². The van der Waals surface area contributed by atoms with Gasteiger partial charge in [-0.1, -0.05) is 26.5 Å². The number of hydrogen-bond acceptors (Lipinski definition) is 4. The summed E-state index contributed by atoms with van der Waals surface area (Å²) in [6.45, 7) is 9.26. The molecule has 0 aliphatic carbocycles. The summed E-state index contributed by atoms with van der Waals surface area (Å²) in [5, 5.41) is 4.18. The molecular formula is C15H18FN5. The van der Waals surface area contributed by atoms with E-state index in [0.717, 1.165) is 11.6 Å². The van der Waals surface area contributed by atoms with Crippen molar-refractivity contribution in [1.29, 1.82) is 0 Å². The molecule has 0 saturated carbocycles. The van der Waals surface area contributed by atoms with Gasteiger partial charge in [0.1, 0.15) is 5.83 Å². The Morgan fingerprint density at radius 3 is 2.71 bits per heavy atom. The third kappa shape index (κ3) is 2.84. The number of rotatable bonds is 4. The maximum absolute atomic E-state index is 13.4. The molecule has 2 heterocycles. The molecule has 0 spiro atoms. The van der Waals surface area contributed by atoms with E-state index in [2.05, 4.69) is 21.6 Å². The van der Waals surface area contributed by atoms with E-state index in [1.165, 1.54) is 10.6 Å². The minimum atomic E-state index is -0.456. The minimum Gasteiger partial charge on any atom is -0.368 e. The van der Waals surface area contributed by atoms with Crippen LogP contribution in [0.1, 0.15) is 38.1 Å². The Balaban J connectivity index is 2.65. The summed E-state index contributed by atoms with van der Waals surface area (Å²) >= 11 is 0. The van der Waals surface area contributed by atoms with E-state index in [1.54, 1.807) is 19.2 Å². The van der Waals surface area contributed by atoms with Crippen LogP contribution in [0, 0.1) is 0 Å². The molecule has 0 amide bonds. The van der Waals surface area contributed by atoms with Gasteiger partial charge in [-0.25, -0.2) is 9.37 Å². The highest BCUT2D eigenvalue weighted by atomic mass is 19.1. The van der Waals surface area contributed by atoms with Crippen LogP contribution in [0.2, 0.25) is 0 Å². The first-order chi connectivity index (χ1) is 9.97. The minimum absolute atomic E-state index is 0.216. The Morgan fingerprint density at radius 1 is 1.43 bits per heavy atom. The third-order valence-corrected chi connectivity index (χ3v) is 3.10. The van der Waals surface area contributed by atoms with Crippen LogP contribution in [0.25, 0.3) is 11.2 Å². The van der Waals surface area contributed by atoms with Gasteiger partial charge in [0, 0.05) is 11.1 Å². The average molecular weight is 287 g/mol. The smallest absolute Gasteiger partial charge is 0.225 e. The maximum atomic E-state index is 13.4. The largest absolute Gasteiger partial charge is 0.368 e. The Labute approximate surface area is 122 Å². The Kier molecular flexibility index (Phi) is 4.16. The van der Waals surface area contributed by atoms with Crippen molar-refractivity contribution < 1.29 is 4.39 Å². The number of nitrogen functional groups attached to an aromatic ring is 1. The summed E-state index contributed by atoms with van der Waals surface area (Å²) < 4.78 is 14.9. The monoisotopic (exact) mass is 287 g/mol. The quantitative estimate of drug-likeness (QED) is 0.876. The molecule has 0 unspecified atom stereocenters. The van der Waals surface area contributed by atoms with Crippen LogP contribution in [-0.4, -0.2) is 19.6 Å². The number of allylic oxidation sites excluding steroid dienone is 5. The summed E-state index contributed by atoms with van der Waals surface area (Å²) in [6, 6.07) is 0. The van der Waals surface area contributed by atoms with Crippen LogP contribution >= 0.6 is 0 Å². The highest BCUT2D eigenvalue weighted by Crippen LogP contribution is 2.22. The number of halogens is 1. The zero-order chi connectivity index (χ0) is 15.6. The van der Waals surface area contributed by atoms with E-state index >= 15 is 0 Å². The van der Waals surface area contributed by atoms with Crippen molar-refractivity contribution in [2.75, 3.05) is 5.73 Å². The van der Waals surface area contributed by atoms with E-state index in [9.17, 15) is 4.39 Å². The third-order valence-electron chi connectivity index (χ3n) is 3.10. The molecule has 0 radical (unpaired) electrons. The molecule has 0 aliphatic heterocycles. The zero-order valence-electron chi connectivity index (χ0n) is 12.3. The fourth-order valence-corrected chi connectivity index (χ4v) is 1.94. The number of hydrogen-bond donors (Lipinski definition) is 1. The second kappa shape index (κ2) is 5.87. The lowest BCUT2D eigenvalue weighted by molar-refractivity contribution is 0.668. The average Bonchev–Trinajstić information content (AvgIpc) is 2.88. The van der Waals surface area contributed by atoms with Gasteiger partial charge in [0.25, 0.3) is 0 Å². The maximum Gasteiger partial charge on any atom is 0.225 e. The Hall–Kier alpha value is -2.50. The van der Waals surface area contributed by atoms with E-state index in [4.69, 9.17) is 5.73 Å². The SMILES string of the molecule is C=C/C(F)=C\C(=C/C)c1nc(N)n2ncc(C(C)C)c2n1. The summed E-state index contributed by atoms with van der Waals surface area (Å²) in [5.74, 6) is 0.373. The fourth-order valence-electron chi connectivity index (χ4n) is 1.94. The second-order valence-electron chi connectivity index (χ2n) is 4.87. The first-order valence-electron chi connectivity index (χ1n) is 6.65. The molecule has 0 aromatic carbocycles. The van der Waals surface area contributed by atoms with Crippen molar-refractivity contribution in [3.63, 3.8) is 0 Å². The summed E-state index contributed by atoms with van der Waals surface area (Å²) in [6.07, 6.45) is 5.90. The van der Waals surface area contributed by atoms with Gasteiger partial charge in [-0.05, 0) is 25.0 Å². The van der Waals surface area contributed by atoms with Gasteiger partial charge in [-0.15, -0.1) is 0 Å². The molecule has 5 nitrogen and oxygen atoms in total. The lowest BCUT2D eigenvalue weighted by Crippen LogP contribution is -2.07. The standard InChI is InChI=1S/C15H18FN5/c1-5-10(7-11(16)6-2)13-19-14-12(9(3)4)8-18-21(14)15(17)20-13/h5-9H,2H2,1,3-4H3,(H2,17,19,20)/b10-5+,11-7+. The van der Waals surface area contributed by atoms with Gasteiger partial charge in [-0.3, -0.25) is 0 Å². The van der Waals surface area contributed by atoms with Crippen LogP contribution in [-0.2, 0) is 0 Å². The van der Waals surface area contributed by atoms with Crippen molar-refractivity contribution in [3.8, 4) is 0 Å². The van der Waals surface area contributed by atoms with Crippen molar-refractivity contribution in [1.82, 2.24) is 19.6 Å². The molecule has 110 valence electrons. The van der Waals surface area contributed by atoms with E-state index in [-0.39, 0.29) is 11.9 Å². The summed E-state index contributed by atoms with van der Waals surface area (Å²) in [7, 11) is 0. The van der Waals surface area contributed by atoms with Gasteiger partial charge in [0.15, 0.2) is 11.5 Å². The van der Waals surface area contributed by atoms with Crippen molar-refractivity contribution in [2.24, 2.45) is 0 Å². The van der Waals surface area contributed by atoms with E-state index in [1.807, 2.05) is 13.8 Å². The van der Waals surface area contributed by atoms with E-state index < -0.39 is 5.83 Å². The fraction of sp³-hybridized carbons (Fsp3) is 0.267. The molecule has 0 bridgehead atoms. The van der Waals surface area contributed by atoms with Gasteiger partial charge in [0.05, 0.1) is 6.20 Å². The first kappa shape index (κ1) is 14.9. The molecule has 2 aromatic rings. The predicted octanol–water partition coefficient (Wildman–Crippen LogP) is 3.27.